The lowest BCUT2D eigenvalue weighted by Crippen LogP contribution is -2.24. The summed E-state index contributed by atoms with van der Waals surface area (Å²) in [6.07, 6.45) is -4.49. The third-order valence-corrected chi connectivity index (χ3v) is 6.16. The molecule has 0 atom stereocenters. The number of hydrogen-bond donors (Lipinski definition) is 2. The van der Waals surface area contributed by atoms with Crippen LogP contribution < -0.4 is 15.4 Å². The lowest BCUT2D eigenvalue weighted by Gasteiger charge is -2.16. The lowest BCUT2D eigenvalue weighted by molar-refractivity contribution is -0.153. The normalized spacial score (nSPS) is 12.0. The highest BCUT2D eigenvalue weighted by atomic mass is 32.2. The van der Waals surface area contributed by atoms with Crippen molar-refractivity contribution in [2.45, 2.75) is 24.9 Å². The van der Waals surface area contributed by atoms with Crippen LogP contribution in [0.25, 0.3) is 0 Å². The van der Waals surface area contributed by atoms with Gasteiger partial charge in [0.1, 0.15) is 5.75 Å². The number of hydrogen-bond acceptors (Lipinski definition) is 5. The van der Waals surface area contributed by atoms with Gasteiger partial charge in [0.15, 0.2) is 6.61 Å². The predicted molar refractivity (Wildman–Crippen MR) is 112 cm³/mol. The Kier molecular flexibility index (Phi) is 7.55. The number of anilines is 2. The fraction of sp³-hybridized carbons (Fsp3) is 0.350. The lowest BCUT2D eigenvalue weighted by atomic mass is 10.2. The van der Waals surface area contributed by atoms with Gasteiger partial charge in [-0.15, -0.1) is 0 Å². The van der Waals surface area contributed by atoms with Crippen molar-refractivity contribution in [1.29, 1.82) is 0 Å². The zero-order chi connectivity index (χ0) is 23.4. The molecule has 0 aliphatic heterocycles. The van der Waals surface area contributed by atoms with Gasteiger partial charge in [0.25, 0.3) is 0 Å². The summed E-state index contributed by atoms with van der Waals surface area (Å²) >= 11 is 0. The van der Waals surface area contributed by atoms with Gasteiger partial charge in [-0.1, -0.05) is 12.1 Å². The van der Waals surface area contributed by atoms with Crippen LogP contribution in [0.15, 0.2) is 41.3 Å². The molecular weight excluding hydrogens is 435 g/mol. The fourth-order valence-corrected chi connectivity index (χ4v) is 3.73. The summed E-state index contributed by atoms with van der Waals surface area (Å²) in [4.78, 5) is 12.4. The predicted octanol–water partition coefficient (Wildman–Crippen LogP) is 3.55. The van der Waals surface area contributed by atoms with Crippen molar-refractivity contribution in [2.75, 3.05) is 37.9 Å². The van der Waals surface area contributed by atoms with Gasteiger partial charge in [0.05, 0.1) is 17.1 Å². The molecule has 0 fully saturated rings. The highest BCUT2D eigenvalue weighted by Crippen LogP contribution is 2.28. The molecule has 7 nitrogen and oxygen atoms in total. The van der Waals surface area contributed by atoms with Crippen LogP contribution in [0.5, 0.6) is 5.75 Å². The molecule has 0 saturated carbocycles. The molecule has 0 heterocycles. The summed E-state index contributed by atoms with van der Waals surface area (Å²) in [6.45, 7) is 1.62. The maximum Gasteiger partial charge on any atom is 0.422 e. The first-order valence-electron chi connectivity index (χ1n) is 9.17. The Morgan fingerprint density at radius 1 is 1.10 bits per heavy atom. The number of nitrogens with zero attached hydrogens (tertiary/aromatic N) is 1. The van der Waals surface area contributed by atoms with Crippen LogP contribution in [0.2, 0.25) is 0 Å². The van der Waals surface area contributed by atoms with Crippen LogP contribution in [0.4, 0.5) is 24.5 Å². The average molecular weight is 459 g/mol. The van der Waals surface area contributed by atoms with E-state index in [-0.39, 0.29) is 28.6 Å². The topological polar surface area (TPSA) is 87.7 Å². The average Bonchev–Trinajstić information content (AvgIpc) is 2.66. The summed E-state index contributed by atoms with van der Waals surface area (Å²) in [5.41, 5.74) is 1.72. The molecule has 170 valence electrons. The number of carbonyl (C=O) groups excluding carboxylic acids is 1. The van der Waals surface area contributed by atoms with Crippen molar-refractivity contribution in [1.82, 2.24) is 4.31 Å². The summed E-state index contributed by atoms with van der Waals surface area (Å²) in [6, 6.07) is 9.10. The molecule has 0 saturated heterocycles. The maximum absolute atomic E-state index is 12.5. The number of amides is 1. The van der Waals surface area contributed by atoms with E-state index in [0.717, 1.165) is 4.31 Å². The maximum atomic E-state index is 12.5. The Morgan fingerprint density at radius 2 is 1.77 bits per heavy atom. The number of nitrogens with one attached hydrogen (secondary N) is 2. The Hall–Kier alpha value is -2.79. The number of sulfonamides is 1. The van der Waals surface area contributed by atoms with Crippen molar-refractivity contribution < 1.29 is 31.1 Å². The van der Waals surface area contributed by atoms with Gasteiger partial charge < -0.3 is 15.4 Å². The molecule has 2 aromatic carbocycles. The highest BCUT2D eigenvalue weighted by Gasteiger charge is 2.29. The molecule has 0 aromatic heterocycles. The minimum atomic E-state index is -4.49. The first-order chi connectivity index (χ1) is 14.3. The Labute approximate surface area is 179 Å². The van der Waals surface area contributed by atoms with E-state index in [1.807, 2.05) is 0 Å². The Bertz CT molecular complexity index is 1050. The molecule has 11 heteroatoms. The summed E-state index contributed by atoms with van der Waals surface area (Å²) in [7, 11) is -0.878. The first kappa shape index (κ1) is 24.5. The SMILES string of the molecule is Cc1ccc(NCC(=O)Nc2ccc(C)c(S(=O)(=O)N(C)C)c2)c(OCC(F)(F)F)c1. The molecule has 31 heavy (non-hydrogen) atoms. The van der Waals surface area contributed by atoms with E-state index >= 15 is 0 Å². The number of rotatable bonds is 8. The minimum absolute atomic E-state index is 0.0279. The third kappa shape index (κ3) is 6.86. The molecule has 2 rings (SSSR count). The number of ether oxygens (including phenoxy) is 1. The molecule has 0 bridgehead atoms. The molecule has 1 amide bonds. The van der Waals surface area contributed by atoms with Gasteiger partial charge >= 0.3 is 6.18 Å². The molecule has 0 unspecified atom stereocenters. The van der Waals surface area contributed by atoms with Crippen LogP contribution in [0.3, 0.4) is 0 Å². The van der Waals surface area contributed by atoms with E-state index in [9.17, 15) is 26.4 Å². The summed E-state index contributed by atoms with van der Waals surface area (Å²) in [5.74, 6) is -0.542. The molecule has 0 aliphatic carbocycles. The van der Waals surface area contributed by atoms with Gasteiger partial charge in [-0.05, 0) is 49.2 Å². The van der Waals surface area contributed by atoms with E-state index in [0.29, 0.717) is 11.1 Å². The highest BCUT2D eigenvalue weighted by molar-refractivity contribution is 7.89. The molecular formula is C20H24F3N3O4S. The van der Waals surface area contributed by atoms with E-state index in [1.165, 1.54) is 32.3 Å². The van der Waals surface area contributed by atoms with Crippen LogP contribution in [-0.2, 0) is 14.8 Å². The minimum Gasteiger partial charge on any atom is -0.482 e. The molecule has 2 N–H and O–H groups in total. The standard InChI is InChI=1S/C20H24F3N3O4S/c1-13-5-8-16(17(9-13)30-12-20(21,22)23)24-11-19(27)25-15-7-6-14(2)18(10-15)31(28,29)26(3)4/h5-10,24H,11-12H2,1-4H3,(H,25,27). The fourth-order valence-electron chi connectivity index (χ4n) is 2.59. The molecule has 2 aromatic rings. The first-order valence-corrected chi connectivity index (χ1v) is 10.6. The Morgan fingerprint density at radius 3 is 2.39 bits per heavy atom. The van der Waals surface area contributed by atoms with Crippen molar-refractivity contribution in [2.24, 2.45) is 0 Å². The van der Waals surface area contributed by atoms with E-state index in [4.69, 9.17) is 4.74 Å². The smallest absolute Gasteiger partial charge is 0.422 e. The van der Waals surface area contributed by atoms with Crippen molar-refractivity contribution in [3.63, 3.8) is 0 Å². The van der Waals surface area contributed by atoms with Crippen molar-refractivity contribution >= 4 is 27.3 Å². The second-order valence-electron chi connectivity index (χ2n) is 7.07. The Balaban J connectivity index is 2.10. The van der Waals surface area contributed by atoms with Crippen LogP contribution in [0, 0.1) is 13.8 Å². The monoisotopic (exact) mass is 459 g/mol. The van der Waals surface area contributed by atoms with E-state index in [1.54, 1.807) is 32.0 Å². The van der Waals surface area contributed by atoms with E-state index < -0.39 is 28.7 Å². The van der Waals surface area contributed by atoms with Crippen molar-refractivity contribution in [3.8, 4) is 5.75 Å². The zero-order valence-electron chi connectivity index (χ0n) is 17.5. The number of carbonyl (C=O) groups is 1. The van der Waals surface area contributed by atoms with Gasteiger partial charge in [-0.2, -0.15) is 13.2 Å². The van der Waals surface area contributed by atoms with Gasteiger partial charge in [-0.25, -0.2) is 12.7 Å². The third-order valence-electron chi connectivity index (χ3n) is 4.20. The van der Waals surface area contributed by atoms with Crippen LogP contribution >= 0.6 is 0 Å². The van der Waals surface area contributed by atoms with Crippen LogP contribution in [0.1, 0.15) is 11.1 Å². The summed E-state index contributed by atoms with van der Waals surface area (Å²) < 4.78 is 68.1. The van der Waals surface area contributed by atoms with Gasteiger partial charge in [-0.3, -0.25) is 4.79 Å². The van der Waals surface area contributed by atoms with Gasteiger partial charge in [0, 0.05) is 19.8 Å². The van der Waals surface area contributed by atoms with Crippen LogP contribution in [-0.4, -0.2) is 52.1 Å². The largest absolute Gasteiger partial charge is 0.482 e. The van der Waals surface area contributed by atoms with Gasteiger partial charge in [0.2, 0.25) is 15.9 Å². The number of benzene rings is 2. The number of halogens is 3. The molecule has 0 radical (unpaired) electrons. The molecule has 0 aliphatic rings. The zero-order valence-corrected chi connectivity index (χ0v) is 18.3. The summed E-state index contributed by atoms with van der Waals surface area (Å²) in [5, 5.41) is 5.31. The quantitative estimate of drug-likeness (QED) is 0.631. The second kappa shape index (κ2) is 9.56. The number of aryl methyl sites for hydroxylation is 2. The molecule has 0 spiro atoms. The second-order valence-corrected chi connectivity index (χ2v) is 9.19. The van der Waals surface area contributed by atoms with E-state index in [2.05, 4.69) is 10.6 Å². The number of alkyl halides is 3. The van der Waals surface area contributed by atoms with Crippen molar-refractivity contribution in [3.05, 3.63) is 47.5 Å².